The predicted molar refractivity (Wildman–Crippen MR) is 326 cm³/mol. The van der Waals surface area contributed by atoms with E-state index in [-0.39, 0.29) is 114 Å². The molecule has 21 heteroatoms. The van der Waals surface area contributed by atoms with Crippen molar-refractivity contribution in [3.63, 3.8) is 0 Å². The number of ether oxygens (including phenoxy) is 3. The molecule has 0 fully saturated rings. The molecular weight excluding hydrogens is 1080 g/mol. The van der Waals surface area contributed by atoms with E-state index in [1.54, 1.807) is 0 Å². The van der Waals surface area contributed by atoms with Crippen LogP contribution in [-0.2, 0) is 57.4 Å². The largest absolute Gasteiger partial charge is 0.481 e. The lowest BCUT2D eigenvalue weighted by atomic mass is 9.88. The highest BCUT2D eigenvalue weighted by atomic mass is 16.5. The second-order valence-electron chi connectivity index (χ2n) is 22.6. The van der Waals surface area contributed by atoms with Gasteiger partial charge in [0.05, 0.1) is 39.6 Å². The minimum Gasteiger partial charge on any atom is -0.481 e. The number of rotatable bonds is 64. The number of hydrogen-bond donors (Lipinski definition) is 9. The first-order valence-electron chi connectivity index (χ1n) is 32.7. The van der Waals surface area contributed by atoms with Gasteiger partial charge in [0.2, 0.25) is 35.4 Å². The van der Waals surface area contributed by atoms with E-state index < -0.39 is 23.3 Å². The first-order chi connectivity index (χ1) is 40.7. The van der Waals surface area contributed by atoms with Crippen LogP contribution < -0.4 is 31.9 Å². The van der Waals surface area contributed by atoms with Crippen LogP contribution in [0.2, 0.25) is 0 Å². The van der Waals surface area contributed by atoms with Crippen molar-refractivity contribution in [1.82, 2.24) is 31.9 Å². The van der Waals surface area contributed by atoms with Gasteiger partial charge in [0, 0.05) is 102 Å². The number of carboxylic acids is 3. The average molecular weight is 1200 g/mol. The number of aliphatic carboxylic acids is 3. The standard InChI is InChI=1S/C63H116N6O15/c1-2-63(51-82-48-39-57(73)67-45-30-15-3-9-21-33-54(70)64-42-27-18-6-12-24-36-60(76)77,52-83-49-40-58(74)68-46-31-16-4-10-22-34-55(71)65-43-28-19-7-13-25-37-61(78)79)53-84-50-41-59(75)69-47-32-17-5-11-23-35-56(72)66-44-29-20-8-14-26-38-62(80)81/h2-53H2,1H3,(H,64,70)(H,65,71)(H,66,72)(H,67,73)(H,68,74)(H,69,75)(H,76,77)(H,78,79)(H,80,81). The Hall–Kier alpha value is -4.89. The molecule has 488 valence electrons. The minimum atomic E-state index is -0.759. The molecular formula is C63H116N6O15. The Morgan fingerprint density at radius 2 is 0.440 bits per heavy atom. The zero-order valence-electron chi connectivity index (χ0n) is 52.0. The Morgan fingerprint density at radius 3 is 0.643 bits per heavy atom. The molecule has 0 aliphatic heterocycles. The van der Waals surface area contributed by atoms with Crippen LogP contribution in [0, 0.1) is 5.41 Å². The van der Waals surface area contributed by atoms with Crippen molar-refractivity contribution in [3.05, 3.63) is 0 Å². The maximum atomic E-state index is 12.7. The molecule has 21 nitrogen and oxygen atoms in total. The first kappa shape index (κ1) is 79.1. The molecule has 0 unspecified atom stereocenters. The molecule has 0 spiro atoms. The Bertz CT molecular complexity index is 1530. The highest BCUT2D eigenvalue weighted by Gasteiger charge is 2.30. The molecule has 0 rings (SSSR count). The number of amides is 6. The van der Waals surface area contributed by atoms with Gasteiger partial charge in [0.25, 0.3) is 0 Å². The first-order valence-corrected chi connectivity index (χ1v) is 32.7. The molecule has 0 bridgehead atoms. The van der Waals surface area contributed by atoms with Crippen molar-refractivity contribution in [1.29, 1.82) is 0 Å². The molecule has 0 aromatic heterocycles. The SMILES string of the molecule is CCC(COCCC(=O)NCCCCCCCC(=O)NCCCCCCCC(=O)O)(COCCC(=O)NCCCCCCCC(=O)NCCCCCCCC(=O)O)COCCC(=O)NCCCCCCCC(=O)NCCCCCCCC(=O)O. The highest BCUT2D eigenvalue weighted by Crippen LogP contribution is 2.25. The van der Waals surface area contributed by atoms with Gasteiger partial charge in [-0.2, -0.15) is 0 Å². The second kappa shape index (κ2) is 58.5. The van der Waals surface area contributed by atoms with Gasteiger partial charge >= 0.3 is 17.9 Å². The fourth-order valence-electron chi connectivity index (χ4n) is 9.31. The van der Waals surface area contributed by atoms with Crippen molar-refractivity contribution < 1.29 is 72.7 Å². The van der Waals surface area contributed by atoms with E-state index in [4.69, 9.17) is 29.5 Å². The smallest absolute Gasteiger partial charge is 0.303 e. The minimum absolute atomic E-state index is 0.0629. The van der Waals surface area contributed by atoms with E-state index >= 15 is 0 Å². The molecule has 0 aliphatic carbocycles. The van der Waals surface area contributed by atoms with Crippen LogP contribution in [-0.4, -0.2) is 148 Å². The van der Waals surface area contributed by atoms with Crippen LogP contribution in [0.3, 0.4) is 0 Å². The number of carboxylic acid groups (broad SMARTS) is 3. The fraction of sp³-hybridized carbons (Fsp3) is 0.857. The summed E-state index contributed by atoms with van der Waals surface area (Å²) in [6, 6.07) is 0. The molecule has 84 heavy (non-hydrogen) atoms. The third-order valence-electron chi connectivity index (χ3n) is 14.8. The number of carbonyl (C=O) groups excluding carboxylic acids is 6. The van der Waals surface area contributed by atoms with Crippen molar-refractivity contribution in [3.8, 4) is 0 Å². The Morgan fingerprint density at radius 1 is 0.262 bits per heavy atom. The topological polar surface area (TPSA) is 314 Å². The summed E-state index contributed by atoms with van der Waals surface area (Å²) in [5.74, 6) is -2.39. The summed E-state index contributed by atoms with van der Waals surface area (Å²) in [6.45, 7) is 7.05. The van der Waals surface area contributed by atoms with Crippen LogP contribution in [0.15, 0.2) is 0 Å². The van der Waals surface area contributed by atoms with E-state index in [1.165, 1.54) is 0 Å². The summed E-state index contributed by atoms with van der Waals surface area (Å²) in [5.41, 5.74) is -0.575. The zero-order valence-corrected chi connectivity index (χ0v) is 52.0. The van der Waals surface area contributed by atoms with E-state index in [2.05, 4.69) is 31.9 Å². The van der Waals surface area contributed by atoms with Crippen LogP contribution in [0.5, 0.6) is 0 Å². The van der Waals surface area contributed by atoms with E-state index in [9.17, 15) is 43.2 Å². The summed E-state index contributed by atoms with van der Waals surface area (Å²) in [6.07, 6.45) is 30.3. The molecule has 0 radical (unpaired) electrons. The van der Waals surface area contributed by atoms with Crippen LogP contribution in [0.25, 0.3) is 0 Å². The molecule has 6 amide bonds. The lowest BCUT2D eigenvalue weighted by Gasteiger charge is -2.32. The molecule has 0 saturated heterocycles. The van der Waals surface area contributed by atoms with Gasteiger partial charge in [0.15, 0.2) is 0 Å². The van der Waals surface area contributed by atoms with Crippen LogP contribution in [0.1, 0.15) is 264 Å². The Balaban J connectivity index is 4.59. The summed E-state index contributed by atoms with van der Waals surface area (Å²) in [7, 11) is 0. The third-order valence-corrected chi connectivity index (χ3v) is 14.8. The molecule has 9 N–H and O–H groups in total. The normalized spacial score (nSPS) is 11.2. The van der Waals surface area contributed by atoms with Crippen molar-refractivity contribution >= 4 is 53.4 Å². The highest BCUT2D eigenvalue weighted by molar-refractivity contribution is 5.77. The molecule has 0 heterocycles. The average Bonchev–Trinajstić information content (AvgIpc) is 3.49. The van der Waals surface area contributed by atoms with Crippen molar-refractivity contribution in [2.24, 2.45) is 5.41 Å². The maximum absolute atomic E-state index is 12.7. The summed E-state index contributed by atoms with van der Waals surface area (Å²) < 4.78 is 18.2. The monoisotopic (exact) mass is 1200 g/mol. The number of carbonyl (C=O) groups is 9. The fourth-order valence-corrected chi connectivity index (χ4v) is 9.31. The molecule has 0 aromatic carbocycles. The van der Waals surface area contributed by atoms with E-state index in [0.29, 0.717) is 84.2 Å². The number of unbranched alkanes of at least 4 members (excludes halogenated alkanes) is 24. The lowest BCUT2D eigenvalue weighted by molar-refractivity contribution is -0.138. The quantitative estimate of drug-likeness (QED) is 0.0256. The summed E-state index contributed by atoms with van der Waals surface area (Å²) >= 11 is 0. The summed E-state index contributed by atoms with van der Waals surface area (Å²) in [4.78, 5) is 106. The molecule has 0 aliphatic rings. The van der Waals surface area contributed by atoms with E-state index in [1.807, 2.05) is 6.92 Å². The van der Waals surface area contributed by atoms with Gasteiger partial charge in [-0.05, 0) is 83.5 Å². The Labute approximate surface area is 504 Å². The molecule has 0 aromatic rings. The van der Waals surface area contributed by atoms with Gasteiger partial charge in [0.1, 0.15) is 0 Å². The van der Waals surface area contributed by atoms with Gasteiger partial charge in [-0.3, -0.25) is 43.2 Å². The molecule has 0 atom stereocenters. The van der Waals surface area contributed by atoms with Crippen molar-refractivity contribution in [2.45, 2.75) is 264 Å². The zero-order chi connectivity index (χ0) is 61.8. The lowest BCUT2D eigenvalue weighted by Crippen LogP contribution is -2.38. The molecule has 0 saturated carbocycles. The maximum Gasteiger partial charge on any atom is 0.303 e. The van der Waals surface area contributed by atoms with Crippen LogP contribution >= 0.6 is 0 Å². The van der Waals surface area contributed by atoms with Crippen molar-refractivity contribution in [2.75, 3.05) is 78.9 Å². The van der Waals surface area contributed by atoms with Gasteiger partial charge in [-0.25, -0.2) is 0 Å². The van der Waals surface area contributed by atoms with Gasteiger partial charge < -0.3 is 61.4 Å². The second-order valence-corrected chi connectivity index (χ2v) is 22.6. The van der Waals surface area contributed by atoms with E-state index in [0.717, 1.165) is 173 Å². The van der Waals surface area contributed by atoms with Gasteiger partial charge in [-0.1, -0.05) is 122 Å². The van der Waals surface area contributed by atoms with Crippen LogP contribution in [0.4, 0.5) is 0 Å². The summed E-state index contributed by atoms with van der Waals surface area (Å²) in [5, 5.41) is 43.9. The number of hydrogen-bond acceptors (Lipinski definition) is 12. The Kier molecular flexibility index (Phi) is 55.1. The third kappa shape index (κ3) is 57.5. The number of nitrogens with one attached hydrogen (secondary N) is 6. The predicted octanol–water partition coefficient (Wildman–Crippen LogP) is 9.60. The van der Waals surface area contributed by atoms with Gasteiger partial charge in [-0.15, -0.1) is 0 Å².